The van der Waals surface area contributed by atoms with Crippen molar-refractivity contribution in [3.05, 3.63) is 47.5 Å². The van der Waals surface area contributed by atoms with Crippen LogP contribution in [0, 0.1) is 5.92 Å². The first-order valence-corrected chi connectivity index (χ1v) is 12.0. The maximum Gasteiger partial charge on any atom is 0.511 e. The van der Waals surface area contributed by atoms with E-state index in [2.05, 4.69) is 16.9 Å². The van der Waals surface area contributed by atoms with Gasteiger partial charge in [-0.1, -0.05) is 6.58 Å². The summed E-state index contributed by atoms with van der Waals surface area (Å²) in [7, 11) is 1.47. The third kappa shape index (κ3) is 8.57. The van der Waals surface area contributed by atoms with Crippen LogP contribution in [0.3, 0.4) is 0 Å². The maximum atomic E-state index is 13.0. The van der Waals surface area contributed by atoms with Gasteiger partial charge in [-0.3, -0.25) is 4.79 Å². The van der Waals surface area contributed by atoms with E-state index in [9.17, 15) is 14.4 Å². The number of ether oxygens (including phenoxy) is 6. The number of aromatic nitrogens is 1. The standard InChI is InChI=1S/C26H34N2O9/c1-15(11-16(2)32-6)20-9-10-21(23(29)27-12-18-7-8-18)28-22(20)24(30)35-17(3)36-25(31)33-13-19-14-34-26(4,5)37-19/h9-11,17-19H,2,7-8,12-14H2,1,3-6H3,(H,27,29)/b15-11+. The molecule has 11 heteroatoms. The van der Waals surface area contributed by atoms with Gasteiger partial charge in [-0.05, 0) is 63.3 Å². The Kier molecular flexibility index (Phi) is 9.28. The van der Waals surface area contributed by atoms with Crippen LogP contribution < -0.4 is 5.32 Å². The number of nitrogens with one attached hydrogen (secondary N) is 1. The van der Waals surface area contributed by atoms with E-state index in [-0.39, 0.29) is 24.6 Å². The number of nitrogens with zero attached hydrogens (tertiary/aromatic N) is 1. The summed E-state index contributed by atoms with van der Waals surface area (Å²) in [6.45, 7) is 11.1. The van der Waals surface area contributed by atoms with E-state index in [0.717, 1.165) is 12.8 Å². The fourth-order valence-electron chi connectivity index (χ4n) is 3.49. The highest BCUT2D eigenvalue weighted by atomic mass is 16.8. The molecule has 11 nitrogen and oxygen atoms in total. The monoisotopic (exact) mass is 518 g/mol. The van der Waals surface area contributed by atoms with Crippen molar-refractivity contribution in [1.29, 1.82) is 0 Å². The fraction of sp³-hybridized carbons (Fsp3) is 0.538. The summed E-state index contributed by atoms with van der Waals surface area (Å²) in [4.78, 5) is 41.9. The molecule has 1 aliphatic heterocycles. The minimum absolute atomic E-state index is 0.0596. The average Bonchev–Trinajstić information content (AvgIpc) is 3.61. The first-order valence-electron chi connectivity index (χ1n) is 12.0. The predicted octanol–water partition coefficient (Wildman–Crippen LogP) is 3.59. The predicted molar refractivity (Wildman–Crippen MR) is 131 cm³/mol. The number of carbonyl (C=O) groups is 3. The lowest BCUT2D eigenvalue weighted by Crippen LogP contribution is -2.29. The van der Waals surface area contributed by atoms with Gasteiger partial charge < -0.3 is 33.7 Å². The van der Waals surface area contributed by atoms with Gasteiger partial charge in [0, 0.05) is 19.0 Å². The molecule has 1 saturated carbocycles. The van der Waals surface area contributed by atoms with E-state index in [0.29, 0.717) is 29.4 Å². The van der Waals surface area contributed by atoms with Crippen LogP contribution in [0.5, 0.6) is 0 Å². The number of allylic oxidation sites excluding steroid dienone is 2. The molecule has 1 amide bonds. The molecule has 0 spiro atoms. The van der Waals surface area contributed by atoms with Crippen LogP contribution in [0.15, 0.2) is 30.5 Å². The van der Waals surface area contributed by atoms with E-state index < -0.39 is 36.2 Å². The van der Waals surface area contributed by atoms with Crippen LogP contribution in [0.4, 0.5) is 4.79 Å². The number of amides is 1. The summed E-state index contributed by atoms with van der Waals surface area (Å²) in [6.07, 6.45) is 1.01. The highest BCUT2D eigenvalue weighted by molar-refractivity contribution is 5.97. The number of hydrogen-bond donors (Lipinski definition) is 1. The van der Waals surface area contributed by atoms with Crippen LogP contribution >= 0.6 is 0 Å². The maximum absolute atomic E-state index is 13.0. The van der Waals surface area contributed by atoms with Crippen molar-refractivity contribution in [3.8, 4) is 0 Å². The lowest BCUT2D eigenvalue weighted by Gasteiger charge is -2.18. The molecular weight excluding hydrogens is 484 g/mol. The Morgan fingerprint density at radius 1 is 1.27 bits per heavy atom. The van der Waals surface area contributed by atoms with Gasteiger partial charge in [-0.15, -0.1) is 0 Å². The fourth-order valence-corrected chi connectivity index (χ4v) is 3.49. The zero-order valence-electron chi connectivity index (χ0n) is 21.8. The summed E-state index contributed by atoms with van der Waals surface area (Å²) < 4.78 is 31.4. The largest absolute Gasteiger partial charge is 0.511 e. The van der Waals surface area contributed by atoms with Crippen molar-refractivity contribution in [2.75, 3.05) is 26.9 Å². The number of methoxy groups -OCH3 is 1. The van der Waals surface area contributed by atoms with Crippen molar-refractivity contribution in [3.63, 3.8) is 0 Å². The number of esters is 1. The molecule has 1 aromatic heterocycles. The van der Waals surface area contributed by atoms with E-state index in [1.807, 2.05) is 0 Å². The first-order chi connectivity index (χ1) is 17.5. The molecule has 202 valence electrons. The summed E-state index contributed by atoms with van der Waals surface area (Å²) >= 11 is 0. The number of hydrogen-bond acceptors (Lipinski definition) is 10. The van der Waals surface area contributed by atoms with Crippen molar-refractivity contribution in [1.82, 2.24) is 10.3 Å². The van der Waals surface area contributed by atoms with E-state index in [1.165, 1.54) is 20.1 Å². The van der Waals surface area contributed by atoms with E-state index in [1.54, 1.807) is 32.9 Å². The van der Waals surface area contributed by atoms with Crippen molar-refractivity contribution < 1.29 is 42.8 Å². The molecule has 0 radical (unpaired) electrons. The second-order valence-corrected chi connectivity index (χ2v) is 9.35. The second-order valence-electron chi connectivity index (χ2n) is 9.35. The normalized spacial score (nSPS) is 19.5. The summed E-state index contributed by atoms with van der Waals surface area (Å²) in [5.74, 6) is -1.20. The highest BCUT2D eigenvalue weighted by Crippen LogP contribution is 2.28. The molecule has 37 heavy (non-hydrogen) atoms. The zero-order valence-corrected chi connectivity index (χ0v) is 21.8. The van der Waals surface area contributed by atoms with Crippen LogP contribution in [-0.4, -0.2) is 68.1 Å². The molecule has 2 fully saturated rings. The summed E-state index contributed by atoms with van der Waals surface area (Å²) in [6, 6.07) is 3.12. The van der Waals surface area contributed by atoms with E-state index in [4.69, 9.17) is 28.4 Å². The van der Waals surface area contributed by atoms with Gasteiger partial charge in [-0.2, -0.15) is 0 Å². The molecule has 0 bridgehead atoms. The molecule has 1 aromatic rings. The third-order valence-electron chi connectivity index (χ3n) is 5.62. The minimum Gasteiger partial charge on any atom is -0.497 e. The molecular formula is C26H34N2O9. The van der Waals surface area contributed by atoms with Crippen LogP contribution in [0.2, 0.25) is 0 Å². The molecule has 0 aromatic carbocycles. The van der Waals surface area contributed by atoms with Crippen molar-refractivity contribution >= 4 is 23.6 Å². The van der Waals surface area contributed by atoms with Gasteiger partial charge in [0.15, 0.2) is 11.5 Å². The molecule has 2 atom stereocenters. The van der Waals surface area contributed by atoms with Gasteiger partial charge in [0.1, 0.15) is 24.2 Å². The number of carbonyl (C=O) groups excluding carboxylic acids is 3. The Morgan fingerprint density at radius 2 is 2.00 bits per heavy atom. The Bertz CT molecular complexity index is 1060. The molecule has 3 rings (SSSR count). The molecule has 2 aliphatic rings. The van der Waals surface area contributed by atoms with E-state index >= 15 is 0 Å². The molecule has 2 unspecified atom stereocenters. The second kappa shape index (κ2) is 12.2. The average molecular weight is 519 g/mol. The Hall–Kier alpha value is -3.44. The quantitative estimate of drug-likeness (QED) is 0.201. The third-order valence-corrected chi connectivity index (χ3v) is 5.62. The molecule has 1 N–H and O–H groups in total. The number of pyridine rings is 1. The van der Waals surface area contributed by atoms with Crippen LogP contribution in [0.25, 0.3) is 5.57 Å². The van der Waals surface area contributed by atoms with Gasteiger partial charge >= 0.3 is 12.1 Å². The van der Waals surface area contributed by atoms with Crippen molar-refractivity contribution in [2.24, 2.45) is 5.92 Å². The van der Waals surface area contributed by atoms with Crippen LogP contribution in [-0.2, 0) is 28.4 Å². The lowest BCUT2D eigenvalue weighted by atomic mass is 10.0. The molecule has 2 heterocycles. The van der Waals surface area contributed by atoms with Crippen LogP contribution in [0.1, 0.15) is 67.1 Å². The summed E-state index contributed by atoms with van der Waals surface area (Å²) in [5, 5.41) is 2.82. The summed E-state index contributed by atoms with van der Waals surface area (Å²) in [5.41, 5.74) is 0.937. The zero-order chi connectivity index (χ0) is 27.2. The van der Waals surface area contributed by atoms with Gasteiger partial charge in [0.2, 0.25) is 6.29 Å². The lowest BCUT2D eigenvalue weighted by molar-refractivity contribution is -0.145. The topological polar surface area (TPSA) is 132 Å². The Labute approximate surface area is 216 Å². The smallest absolute Gasteiger partial charge is 0.497 e. The van der Waals surface area contributed by atoms with Gasteiger partial charge in [-0.25, -0.2) is 14.6 Å². The van der Waals surface area contributed by atoms with Gasteiger partial charge in [0.05, 0.1) is 13.7 Å². The first kappa shape index (κ1) is 28.1. The van der Waals surface area contributed by atoms with Crippen molar-refractivity contribution in [2.45, 2.75) is 58.7 Å². The van der Waals surface area contributed by atoms with Gasteiger partial charge in [0.25, 0.3) is 5.91 Å². The Balaban J connectivity index is 1.66. The molecule has 1 saturated heterocycles. The SMILES string of the molecule is C=C(/C=C(\C)c1ccc(C(=O)NCC2CC2)nc1C(=O)OC(C)OC(=O)OCC1COC(C)(C)O1)OC. The molecule has 1 aliphatic carbocycles. The number of rotatable bonds is 11. The minimum atomic E-state index is -1.29. The highest BCUT2D eigenvalue weighted by Gasteiger charge is 2.33. The Morgan fingerprint density at radius 3 is 2.62 bits per heavy atom.